The minimum atomic E-state index is -4.52. The first-order valence-corrected chi connectivity index (χ1v) is 9.25. The van der Waals surface area contributed by atoms with Gasteiger partial charge in [-0.15, -0.1) is 0 Å². The van der Waals surface area contributed by atoms with Crippen LogP contribution in [0.4, 0.5) is 24.7 Å². The van der Waals surface area contributed by atoms with Gasteiger partial charge in [0.15, 0.2) is 0 Å². The molecule has 3 rings (SSSR count). The van der Waals surface area contributed by atoms with E-state index in [1.807, 2.05) is 5.32 Å². The number of amides is 1. The second-order valence-corrected chi connectivity index (χ2v) is 6.77. The van der Waals surface area contributed by atoms with Crippen LogP contribution in [0.3, 0.4) is 0 Å². The predicted octanol–water partition coefficient (Wildman–Crippen LogP) is 1.88. The largest absolute Gasteiger partial charge is 0.496 e. The zero-order chi connectivity index (χ0) is 23.5. The van der Waals surface area contributed by atoms with Crippen LogP contribution in [0.5, 0.6) is 5.75 Å². The van der Waals surface area contributed by atoms with Crippen LogP contribution < -0.4 is 26.5 Å². The molecule has 1 aliphatic heterocycles. The highest BCUT2D eigenvalue weighted by molar-refractivity contribution is 5.97. The second-order valence-electron chi connectivity index (χ2n) is 6.77. The van der Waals surface area contributed by atoms with Crippen molar-refractivity contribution in [1.82, 2.24) is 20.7 Å². The Balaban J connectivity index is 1.78. The summed E-state index contributed by atoms with van der Waals surface area (Å²) in [5, 5.41) is 13.9. The zero-order valence-electron chi connectivity index (χ0n) is 17.1. The Morgan fingerprint density at radius 1 is 1.41 bits per heavy atom. The van der Waals surface area contributed by atoms with Gasteiger partial charge < -0.3 is 26.5 Å². The molecule has 1 aromatic heterocycles. The summed E-state index contributed by atoms with van der Waals surface area (Å²) < 4.78 is 42.3. The van der Waals surface area contributed by atoms with Crippen LogP contribution in [-0.4, -0.2) is 55.0 Å². The number of alkyl halides is 3. The first-order valence-electron chi connectivity index (χ1n) is 9.25. The molecule has 0 radical (unpaired) electrons. The van der Waals surface area contributed by atoms with Gasteiger partial charge in [0.05, 0.1) is 24.6 Å². The number of carbonyl (C=O) groups is 1. The maximum atomic E-state index is 12.4. The van der Waals surface area contributed by atoms with E-state index in [4.69, 9.17) is 15.9 Å². The van der Waals surface area contributed by atoms with Crippen molar-refractivity contribution in [3.05, 3.63) is 47.2 Å². The van der Waals surface area contributed by atoms with E-state index in [0.29, 0.717) is 22.8 Å². The number of nitrogens with zero attached hydrogens (tertiary/aromatic N) is 3. The molecule has 1 unspecified atom stereocenters. The molecular weight excluding hydrogens is 429 g/mol. The second kappa shape index (κ2) is 9.09. The van der Waals surface area contributed by atoms with Crippen LogP contribution in [-0.2, 0) is 0 Å². The van der Waals surface area contributed by atoms with E-state index in [-0.39, 0.29) is 17.1 Å². The number of nitrogens with one attached hydrogen (secondary N) is 4. The smallest absolute Gasteiger partial charge is 0.405 e. The van der Waals surface area contributed by atoms with Gasteiger partial charge in [-0.05, 0) is 23.8 Å². The van der Waals surface area contributed by atoms with Gasteiger partial charge in [-0.2, -0.15) is 13.2 Å². The molecule has 1 amide bonds. The molecule has 1 aromatic carbocycles. The standard InChI is InChI=1S/C19H21F3N8O2/c1-30-18(27-12-5-11(7-23)15(24)25-8-12)28-16(29-30)10-3-4-13(14(6-10)32-2)17(31)26-9-19(20,21)22/h3-8,16,23,29H,9H2,1-2H3,(H2,24,25)(H,26,31)(H,27,28). The lowest BCUT2D eigenvalue weighted by atomic mass is 10.1. The molecule has 170 valence electrons. The van der Waals surface area contributed by atoms with Crippen molar-refractivity contribution in [2.24, 2.45) is 4.99 Å². The van der Waals surface area contributed by atoms with Crippen LogP contribution in [0.1, 0.15) is 27.7 Å². The van der Waals surface area contributed by atoms with Crippen LogP contribution in [0.2, 0.25) is 0 Å². The highest BCUT2D eigenvalue weighted by Crippen LogP contribution is 2.27. The van der Waals surface area contributed by atoms with E-state index < -0.39 is 24.8 Å². The van der Waals surface area contributed by atoms with Gasteiger partial charge in [0, 0.05) is 18.8 Å². The fraction of sp³-hybridized carbons (Fsp3) is 0.263. The SMILES string of the molecule is COc1cc(C2N=C(Nc3cnc(N)c(C=N)c3)N(C)N2)ccc1C(=O)NCC(F)(F)F. The van der Waals surface area contributed by atoms with Gasteiger partial charge in [-0.25, -0.2) is 15.4 Å². The molecule has 0 spiro atoms. The minimum absolute atomic E-state index is 0.0266. The number of rotatable bonds is 6. The summed E-state index contributed by atoms with van der Waals surface area (Å²) in [5.41, 5.74) is 10.4. The molecule has 13 heteroatoms. The molecule has 0 aliphatic carbocycles. The number of carbonyl (C=O) groups excluding carboxylic acids is 1. The number of benzene rings is 1. The van der Waals surface area contributed by atoms with Gasteiger partial charge in [0.2, 0.25) is 5.96 Å². The number of hydrogen-bond acceptors (Lipinski definition) is 9. The summed E-state index contributed by atoms with van der Waals surface area (Å²) in [5.74, 6) is -0.106. The van der Waals surface area contributed by atoms with Crippen LogP contribution in [0, 0.1) is 5.41 Å². The van der Waals surface area contributed by atoms with E-state index in [2.05, 4.69) is 20.7 Å². The van der Waals surface area contributed by atoms with Crippen molar-refractivity contribution in [3.8, 4) is 5.75 Å². The summed E-state index contributed by atoms with van der Waals surface area (Å²) >= 11 is 0. The molecule has 0 bridgehead atoms. The molecular formula is C19H21F3N8O2. The van der Waals surface area contributed by atoms with Crippen molar-refractivity contribution in [1.29, 1.82) is 5.41 Å². The number of hydrogen-bond donors (Lipinski definition) is 5. The van der Waals surface area contributed by atoms with Gasteiger partial charge in [-0.1, -0.05) is 6.07 Å². The van der Waals surface area contributed by atoms with Crippen LogP contribution >= 0.6 is 0 Å². The Hall–Kier alpha value is -3.87. The zero-order valence-corrected chi connectivity index (χ0v) is 17.1. The molecule has 32 heavy (non-hydrogen) atoms. The number of ether oxygens (including phenoxy) is 1. The Kier molecular flexibility index (Phi) is 6.48. The van der Waals surface area contributed by atoms with E-state index in [9.17, 15) is 18.0 Å². The van der Waals surface area contributed by atoms with E-state index in [1.165, 1.54) is 25.4 Å². The third kappa shape index (κ3) is 5.24. The summed E-state index contributed by atoms with van der Waals surface area (Å²) in [6, 6.07) is 6.12. The molecule has 10 nitrogen and oxygen atoms in total. The number of guanidine groups is 1. The number of methoxy groups -OCH3 is 1. The molecule has 2 aromatic rings. The lowest BCUT2D eigenvalue weighted by Crippen LogP contribution is -2.37. The first kappa shape index (κ1) is 22.8. The van der Waals surface area contributed by atoms with Gasteiger partial charge >= 0.3 is 6.18 Å². The van der Waals surface area contributed by atoms with Crippen LogP contribution in [0.15, 0.2) is 35.5 Å². The summed E-state index contributed by atoms with van der Waals surface area (Å²) in [7, 11) is 3.05. The summed E-state index contributed by atoms with van der Waals surface area (Å²) in [4.78, 5) is 20.7. The topological polar surface area (TPSA) is 141 Å². The highest BCUT2D eigenvalue weighted by atomic mass is 19.4. The lowest BCUT2D eigenvalue weighted by Gasteiger charge is -2.17. The lowest BCUT2D eigenvalue weighted by molar-refractivity contribution is -0.123. The van der Waals surface area contributed by atoms with Gasteiger partial charge in [0.1, 0.15) is 24.3 Å². The number of hydrazine groups is 1. The van der Waals surface area contributed by atoms with Crippen LogP contribution in [0.25, 0.3) is 0 Å². The van der Waals surface area contributed by atoms with Gasteiger partial charge in [-0.3, -0.25) is 9.80 Å². The van der Waals surface area contributed by atoms with E-state index in [0.717, 1.165) is 6.21 Å². The Morgan fingerprint density at radius 2 is 2.16 bits per heavy atom. The number of aliphatic imine (C=N–C) groups is 1. The summed E-state index contributed by atoms with van der Waals surface area (Å²) in [6.07, 6.45) is -2.47. The van der Waals surface area contributed by atoms with Gasteiger partial charge in [0.25, 0.3) is 5.91 Å². The number of nitrogen functional groups attached to an aromatic ring is 1. The molecule has 6 N–H and O–H groups in total. The van der Waals surface area contributed by atoms with E-state index >= 15 is 0 Å². The van der Waals surface area contributed by atoms with Crippen molar-refractivity contribution >= 4 is 29.6 Å². The third-order valence-corrected chi connectivity index (χ3v) is 4.48. The number of pyridine rings is 1. The average molecular weight is 450 g/mol. The summed E-state index contributed by atoms with van der Waals surface area (Å²) in [6.45, 7) is -1.44. The normalized spacial score (nSPS) is 15.8. The fourth-order valence-corrected chi connectivity index (χ4v) is 2.89. The minimum Gasteiger partial charge on any atom is -0.496 e. The number of halogens is 3. The number of anilines is 2. The van der Waals surface area contributed by atoms with Crippen molar-refractivity contribution in [3.63, 3.8) is 0 Å². The molecule has 0 fully saturated rings. The molecule has 0 saturated carbocycles. The average Bonchev–Trinajstić information content (AvgIpc) is 3.12. The van der Waals surface area contributed by atoms with E-state index in [1.54, 1.807) is 24.2 Å². The maximum Gasteiger partial charge on any atom is 0.405 e. The Bertz CT molecular complexity index is 1060. The molecule has 1 atom stereocenters. The molecule has 0 saturated heterocycles. The number of nitrogens with two attached hydrogens (primary N) is 1. The van der Waals surface area contributed by atoms with Crippen molar-refractivity contribution in [2.75, 3.05) is 31.8 Å². The maximum absolute atomic E-state index is 12.4. The van der Waals surface area contributed by atoms with Crippen molar-refractivity contribution in [2.45, 2.75) is 12.3 Å². The van der Waals surface area contributed by atoms with Crippen molar-refractivity contribution < 1.29 is 22.7 Å². The predicted molar refractivity (Wildman–Crippen MR) is 113 cm³/mol. The quantitative estimate of drug-likeness (QED) is 0.423. The monoisotopic (exact) mass is 450 g/mol. The fourth-order valence-electron chi connectivity index (χ4n) is 2.89. The molecule has 1 aliphatic rings. The Morgan fingerprint density at radius 3 is 2.81 bits per heavy atom. The highest BCUT2D eigenvalue weighted by Gasteiger charge is 2.29. The first-order chi connectivity index (χ1) is 15.1. The molecule has 2 heterocycles. The third-order valence-electron chi connectivity index (χ3n) is 4.48. The Labute approximate surface area is 181 Å². The number of aromatic nitrogens is 1.